The molecule has 0 aliphatic carbocycles. The zero-order valence-electron chi connectivity index (χ0n) is 9.14. The summed E-state index contributed by atoms with van der Waals surface area (Å²) >= 11 is 0. The van der Waals surface area contributed by atoms with Crippen LogP contribution in [0.1, 0.15) is 27.2 Å². The van der Waals surface area contributed by atoms with E-state index in [2.05, 4.69) is 36.9 Å². The Hall–Kier alpha value is -0.520. The summed E-state index contributed by atoms with van der Waals surface area (Å²) in [4.78, 5) is 2.26. The third-order valence-electron chi connectivity index (χ3n) is 2.30. The number of nitrogens with one attached hydrogen (secondary N) is 1. The molecule has 2 heteroatoms. The van der Waals surface area contributed by atoms with Crippen molar-refractivity contribution in [3.63, 3.8) is 0 Å². The fraction of sp³-hybridized carbons (Fsp3) is 0.818. The van der Waals surface area contributed by atoms with Crippen molar-refractivity contribution >= 4 is 0 Å². The van der Waals surface area contributed by atoms with Crippen LogP contribution in [0.5, 0.6) is 0 Å². The quantitative estimate of drug-likeness (QED) is 0.598. The molecule has 0 rings (SSSR count). The Morgan fingerprint density at radius 2 is 2.15 bits per heavy atom. The summed E-state index contributed by atoms with van der Waals surface area (Å²) < 4.78 is 0. The minimum atomic E-state index is 0.615. The monoisotopic (exact) mass is 182 g/mol. The van der Waals surface area contributed by atoms with Gasteiger partial charge in [0.05, 0.1) is 6.54 Å². The normalized spacial score (nSPS) is 12.8. The van der Waals surface area contributed by atoms with Gasteiger partial charge in [0.25, 0.3) is 0 Å². The number of terminal acetylenes is 1. The van der Waals surface area contributed by atoms with Gasteiger partial charge in [-0.25, -0.2) is 0 Å². The molecule has 0 saturated carbocycles. The van der Waals surface area contributed by atoms with E-state index in [0.717, 1.165) is 26.2 Å². The van der Waals surface area contributed by atoms with Crippen molar-refractivity contribution in [2.24, 2.45) is 0 Å². The zero-order chi connectivity index (χ0) is 10.1. The summed E-state index contributed by atoms with van der Waals surface area (Å²) in [6, 6.07) is 0.615. The molecule has 1 unspecified atom stereocenters. The van der Waals surface area contributed by atoms with E-state index in [4.69, 9.17) is 6.42 Å². The van der Waals surface area contributed by atoms with Gasteiger partial charge in [0.1, 0.15) is 0 Å². The second-order valence-electron chi connectivity index (χ2n) is 3.34. The van der Waals surface area contributed by atoms with Crippen LogP contribution in [0.4, 0.5) is 0 Å². The first-order valence-corrected chi connectivity index (χ1v) is 5.13. The minimum Gasteiger partial charge on any atom is -0.313 e. The summed E-state index contributed by atoms with van der Waals surface area (Å²) in [6.07, 6.45) is 6.43. The lowest BCUT2D eigenvalue weighted by Gasteiger charge is -2.19. The lowest BCUT2D eigenvalue weighted by molar-refractivity contribution is 0.315. The molecule has 0 aliphatic rings. The lowest BCUT2D eigenvalue weighted by atomic mass is 10.2. The molecule has 0 amide bonds. The molecule has 0 radical (unpaired) electrons. The van der Waals surface area contributed by atoms with Crippen molar-refractivity contribution in [3.05, 3.63) is 0 Å². The van der Waals surface area contributed by atoms with Gasteiger partial charge in [-0.2, -0.15) is 0 Å². The van der Waals surface area contributed by atoms with Crippen LogP contribution < -0.4 is 5.32 Å². The number of rotatable bonds is 7. The van der Waals surface area contributed by atoms with Crippen LogP contribution in [0.2, 0.25) is 0 Å². The van der Waals surface area contributed by atoms with Crippen molar-refractivity contribution in [2.75, 3.05) is 26.2 Å². The van der Waals surface area contributed by atoms with Crippen LogP contribution in [-0.4, -0.2) is 37.1 Å². The fourth-order valence-electron chi connectivity index (χ4n) is 1.09. The highest BCUT2D eigenvalue weighted by molar-refractivity contribution is 4.87. The van der Waals surface area contributed by atoms with Gasteiger partial charge in [0.2, 0.25) is 0 Å². The highest BCUT2D eigenvalue weighted by Crippen LogP contribution is 1.88. The van der Waals surface area contributed by atoms with Crippen LogP contribution in [0, 0.1) is 12.3 Å². The van der Waals surface area contributed by atoms with Crippen LogP contribution >= 0.6 is 0 Å². The Labute approximate surface area is 82.7 Å². The summed E-state index contributed by atoms with van der Waals surface area (Å²) in [5, 5.41) is 3.45. The van der Waals surface area contributed by atoms with E-state index in [-0.39, 0.29) is 0 Å². The molecule has 2 nitrogen and oxygen atoms in total. The maximum absolute atomic E-state index is 5.25. The van der Waals surface area contributed by atoms with Crippen molar-refractivity contribution < 1.29 is 0 Å². The Balaban J connectivity index is 3.44. The van der Waals surface area contributed by atoms with Gasteiger partial charge >= 0.3 is 0 Å². The highest BCUT2D eigenvalue weighted by atomic mass is 15.1. The molecule has 1 N–H and O–H groups in total. The van der Waals surface area contributed by atoms with Crippen LogP contribution in [-0.2, 0) is 0 Å². The Morgan fingerprint density at radius 3 is 2.62 bits per heavy atom. The molecule has 0 aromatic rings. The van der Waals surface area contributed by atoms with Crippen LogP contribution in [0.15, 0.2) is 0 Å². The van der Waals surface area contributed by atoms with Crippen molar-refractivity contribution in [3.8, 4) is 12.3 Å². The average molecular weight is 182 g/mol. The summed E-state index contributed by atoms with van der Waals surface area (Å²) in [5.41, 5.74) is 0. The molecular weight excluding hydrogens is 160 g/mol. The van der Waals surface area contributed by atoms with Gasteiger partial charge in [-0.3, -0.25) is 4.90 Å². The molecule has 0 fully saturated rings. The summed E-state index contributed by atoms with van der Waals surface area (Å²) in [7, 11) is 0. The lowest BCUT2D eigenvalue weighted by Crippen LogP contribution is -2.35. The van der Waals surface area contributed by atoms with E-state index < -0.39 is 0 Å². The Morgan fingerprint density at radius 1 is 1.46 bits per heavy atom. The minimum absolute atomic E-state index is 0.615. The third-order valence-corrected chi connectivity index (χ3v) is 2.30. The molecule has 0 bridgehead atoms. The van der Waals surface area contributed by atoms with Gasteiger partial charge in [-0.15, -0.1) is 6.42 Å². The number of nitrogens with zero attached hydrogens (tertiary/aromatic N) is 1. The first-order chi connectivity index (χ1) is 6.24. The SMILES string of the molecule is C#CCN(CC)CCNC(C)CC. The van der Waals surface area contributed by atoms with E-state index in [1.165, 1.54) is 6.42 Å². The maximum atomic E-state index is 5.25. The standard InChI is InChI=1S/C11H22N2/c1-5-9-13(7-3)10-8-12-11(4)6-2/h1,11-12H,6-10H2,2-4H3. The molecule has 0 aliphatic heterocycles. The third kappa shape index (κ3) is 6.62. The predicted octanol–water partition coefficient (Wildman–Crippen LogP) is 1.33. The molecule has 13 heavy (non-hydrogen) atoms. The molecule has 1 atom stereocenters. The van der Waals surface area contributed by atoms with E-state index in [9.17, 15) is 0 Å². The molecule has 76 valence electrons. The topological polar surface area (TPSA) is 15.3 Å². The summed E-state index contributed by atoms with van der Waals surface area (Å²) in [6.45, 7) is 10.4. The van der Waals surface area contributed by atoms with Gasteiger partial charge in [-0.05, 0) is 19.9 Å². The first-order valence-electron chi connectivity index (χ1n) is 5.13. The Bertz CT molecular complexity index is 149. The van der Waals surface area contributed by atoms with Gasteiger partial charge in [0, 0.05) is 19.1 Å². The van der Waals surface area contributed by atoms with Crippen LogP contribution in [0.25, 0.3) is 0 Å². The van der Waals surface area contributed by atoms with E-state index >= 15 is 0 Å². The second-order valence-corrected chi connectivity index (χ2v) is 3.34. The molecule has 0 saturated heterocycles. The molecule has 0 aromatic heterocycles. The predicted molar refractivity (Wildman–Crippen MR) is 58.7 cm³/mol. The zero-order valence-corrected chi connectivity index (χ0v) is 9.14. The van der Waals surface area contributed by atoms with E-state index in [0.29, 0.717) is 6.04 Å². The smallest absolute Gasteiger partial charge is 0.0599 e. The Kier molecular flexibility index (Phi) is 7.77. The molecule has 0 spiro atoms. The summed E-state index contributed by atoms with van der Waals surface area (Å²) in [5.74, 6) is 2.67. The second kappa shape index (κ2) is 8.10. The van der Waals surface area contributed by atoms with Crippen molar-refractivity contribution in [2.45, 2.75) is 33.2 Å². The number of likely N-dealkylation sites (N-methyl/N-ethyl adjacent to an activating group) is 1. The molecule has 0 aromatic carbocycles. The average Bonchev–Trinajstić information content (AvgIpc) is 2.16. The highest BCUT2D eigenvalue weighted by Gasteiger charge is 2.00. The van der Waals surface area contributed by atoms with E-state index in [1.807, 2.05) is 0 Å². The first kappa shape index (κ1) is 12.5. The van der Waals surface area contributed by atoms with Gasteiger partial charge in [-0.1, -0.05) is 19.8 Å². The van der Waals surface area contributed by atoms with E-state index in [1.54, 1.807) is 0 Å². The van der Waals surface area contributed by atoms with Gasteiger partial charge < -0.3 is 5.32 Å². The largest absolute Gasteiger partial charge is 0.313 e. The molecule has 0 heterocycles. The number of hydrogen-bond acceptors (Lipinski definition) is 2. The van der Waals surface area contributed by atoms with Gasteiger partial charge in [0.15, 0.2) is 0 Å². The maximum Gasteiger partial charge on any atom is 0.0599 e. The van der Waals surface area contributed by atoms with Crippen molar-refractivity contribution in [1.29, 1.82) is 0 Å². The van der Waals surface area contributed by atoms with Crippen molar-refractivity contribution in [1.82, 2.24) is 10.2 Å². The van der Waals surface area contributed by atoms with Crippen LogP contribution in [0.3, 0.4) is 0 Å². The molecular formula is C11H22N2. The fourth-order valence-corrected chi connectivity index (χ4v) is 1.09. The number of hydrogen-bond donors (Lipinski definition) is 1.